The molecule has 0 aromatic heterocycles. The maximum atomic E-state index is 11.4. The number of amides is 1. The van der Waals surface area contributed by atoms with Gasteiger partial charge in [-0.2, -0.15) is 0 Å². The Kier molecular flexibility index (Phi) is 7.38. The molecule has 0 aliphatic carbocycles. The molecule has 0 heterocycles. The second kappa shape index (κ2) is 7.65. The third-order valence-corrected chi connectivity index (χ3v) is 2.69. The highest BCUT2D eigenvalue weighted by molar-refractivity contribution is 9.10. The summed E-state index contributed by atoms with van der Waals surface area (Å²) in [5.41, 5.74) is 6.65. The van der Waals surface area contributed by atoms with Crippen molar-refractivity contribution >= 4 is 34.2 Å². The molecule has 0 unspecified atom stereocenters. The summed E-state index contributed by atoms with van der Waals surface area (Å²) in [6, 6.07) is 7.41. The van der Waals surface area contributed by atoms with Gasteiger partial charge in [0.1, 0.15) is 0 Å². The first kappa shape index (κ1) is 15.4. The fourth-order valence-corrected chi connectivity index (χ4v) is 1.37. The van der Waals surface area contributed by atoms with E-state index in [0.717, 1.165) is 10.0 Å². The molecule has 3 N–H and O–H groups in total. The molecule has 0 bridgehead atoms. The lowest BCUT2D eigenvalue weighted by Crippen LogP contribution is -2.39. The van der Waals surface area contributed by atoms with Crippen LogP contribution in [0.3, 0.4) is 0 Å². The first-order chi connectivity index (χ1) is 7.13. The van der Waals surface area contributed by atoms with Crippen molar-refractivity contribution in [3.8, 4) is 0 Å². The molecule has 1 amide bonds. The Balaban J connectivity index is 0.00000225. The predicted molar refractivity (Wildman–Crippen MR) is 71.5 cm³/mol. The number of hydrogen-bond acceptors (Lipinski definition) is 2. The zero-order chi connectivity index (χ0) is 11.3. The molecule has 0 radical (unpaired) electrons. The number of carbonyl (C=O) groups is 1. The first-order valence-corrected chi connectivity index (χ1v) is 5.70. The molecule has 1 aromatic carbocycles. The van der Waals surface area contributed by atoms with E-state index in [4.69, 9.17) is 5.73 Å². The van der Waals surface area contributed by atoms with E-state index in [1.807, 2.05) is 31.2 Å². The lowest BCUT2D eigenvalue weighted by Gasteiger charge is -2.09. The van der Waals surface area contributed by atoms with Gasteiger partial charge in [-0.25, -0.2) is 0 Å². The van der Waals surface area contributed by atoms with E-state index in [2.05, 4.69) is 21.2 Å². The average Bonchev–Trinajstić information content (AvgIpc) is 2.26. The molecule has 0 spiro atoms. The fraction of sp³-hybridized carbons (Fsp3) is 0.364. The van der Waals surface area contributed by atoms with Crippen LogP contribution in [0.5, 0.6) is 0 Å². The number of halogens is 2. The van der Waals surface area contributed by atoms with Crippen molar-refractivity contribution in [2.45, 2.75) is 25.9 Å². The topological polar surface area (TPSA) is 55.1 Å². The summed E-state index contributed by atoms with van der Waals surface area (Å²) in [5.74, 6) is -0.0968. The lowest BCUT2D eigenvalue weighted by atomic mass is 10.2. The van der Waals surface area contributed by atoms with Crippen molar-refractivity contribution in [3.05, 3.63) is 34.3 Å². The number of nitrogens with two attached hydrogens (primary N) is 1. The Morgan fingerprint density at radius 2 is 2.00 bits per heavy atom. The highest BCUT2D eigenvalue weighted by atomic mass is 79.9. The number of rotatable bonds is 4. The predicted octanol–water partition coefficient (Wildman–Crippen LogP) is 2.22. The SMILES string of the molecule is CC[C@H](N)C(=O)NCc1ccc(Br)cc1.Cl. The molecule has 0 aliphatic heterocycles. The molecule has 1 atom stereocenters. The van der Waals surface area contributed by atoms with Crippen LogP contribution in [0.15, 0.2) is 28.7 Å². The molecule has 0 fully saturated rings. The number of carbonyl (C=O) groups excluding carboxylic acids is 1. The molecule has 5 heteroatoms. The summed E-state index contributed by atoms with van der Waals surface area (Å²) in [6.45, 7) is 2.42. The Hall–Kier alpha value is -0.580. The molecule has 16 heavy (non-hydrogen) atoms. The van der Waals surface area contributed by atoms with Crippen molar-refractivity contribution in [1.29, 1.82) is 0 Å². The van der Waals surface area contributed by atoms with Crippen molar-refractivity contribution in [3.63, 3.8) is 0 Å². The quantitative estimate of drug-likeness (QED) is 0.896. The summed E-state index contributed by atoms with van der Waals surface area (Å²) in [5, 5.41) is 2.79. The molecule has 0 saturated heterocycles. The standard InChI is InChI=1S/C11H15BrN2O.ClH/c1-2-10(13)11(15)14-7-8-3-5-9(12)6-4-8;/h3-6,10H,2,7,13H2,1H3,(H,14,15);1H/t10-;/m0./s1. The largest absolute Gasteiger partial charge is 0.351 e. The van der Waals surface area contributed by atoms with Gasteiger partial charge in [0.15, 0.2) is 0 Å². The van der Waals surface area contributed by atoms with Gasteiger partial charge < -0.3 is 11.1 Å². The number of nitrogens with one attached hydrogen (secondary N) is 1. The summed E-state index contributed by atoms with van der Waals surface area (Å²) in [4.78, 5) is 11.4. The van der Waals surface area contributed by atoms with Gasteiger partial charge in [0.05, 0.1) is 6.04 Å². The smallest absolute Gasteiger partial charge is 0.237 e. The van der Waals surface area contributed by atoms with Crippen LogP contribution >= 0.6 is 28.3 Å². The van der Waals surface area contributed by atoms with Crippen molar-refractivity contribution < 1.29 is 4.79 Å². The van der Waals surface area contributed by atoms with E-state index in [1.165, 1.54) is 0 Å². The van der Waals surface area contributed by atoms with Gasteiger partial charge >= 0.3 is 0 Å². The lowest BCUT2D eigenvalue weighted by molar-refractivity contribution is -0.122. The number of benzene rings is 1. The third-order valence-electron chi connectivity index (χ3n) is 2.16. The maximum Gasteiger partial charge on any atom is 0.237 e. The van der Waals surface area contributed by atoms with Crippen LogP contribution in [-0.4, -0.2) is 11.9 Å². The summed E-state index contributed by atoms with van der Waals surface area (Å²) in [7, 11) is 0. The Morgan fingerprint density at radius 3 is 2.50 bits per heavy atom. The van der Waals surface area contributed by atoms with Gasteiger partial charge in [-0.15, -0.1) is 12.4 Å². The summed E-state index contributed by atoms with van der Waals surface area (Å²) < 4.78 is 1.03. The molecule has 1 rings (SSSR count). The van der Waals surface area contributed by atoms with Gasteiger partial charge in [-0.05, 0) is 24.1 Å². The summed E-state index contributed by atoms with van der Waals surface area (Å²) in [6.07, 6.45) is 0.659. The zero-order valence-corrected chi connectivity index (χ0v) is 11.5. The third kappa shape index (κ3) is 4.96. The minimum absolute atomic E-state index is 0. The Bertz CT molecular complexity index is 329. The first-order valence-electron chi connectivity index (χ1n) is 4.91. The highest BCUT2D eigenvalue weighted by Crippen LogP contribution is 2.10. The van der Waals surface area contributed by atoms with Crippen molar-refractivity contribution in [2.24, 2.45) is 5.73 Å². The molecular formula is C11H16BrClN2O. The molecule has 1 aromatic rings. The van der Waals surface area contributed by atoms with Gasteiger partial charge in [0.25, 0.3) is 0 Å². The Morgan fingerprint density at radius 1 is 1.44 bits per heavy atom. The van der Waals surface area contributed by atoms with E-state index in [1.54, 1.807) is 0 Å². The van der Waals surface area contributed by atoms with E-state index < -0.39 is 6.04 Å². The molecule has 0 saturated carbocycles. The number of hydrogen-bond donors (Lipinski definition) is 2. The van der Waals surface area contributed by atoms with Gasteiger partial charge in [-0.1, -0.05) is 35.0 Å². The van der Waals surface area contributed by atoms with E-state index in [-0.39, 0.29) is 18.3 Å². The minimum atomic E-state index is -0.402. The van der Waals surface area contributed by atoms with Crippen molar-refractivity contribution in [2.75, 3.05) is 0 Å². The molecular weight excluding hydrogens is 291 g/mol. The Labute approximate surface area is 110 Å². The van der Waals surface area contributed by atoms with E-state index >= 15 is 0 Å². The van der Waals surface area contributed by atoms with Crippen LogP contribution in [0.1, 0.15) is 18.9 Å². The fourth-order valence-electron chi connectivity index (χ4n) is 1.11. The second-order valence-corrected chi connectivity index (χ2v) is 4.27. The average molecular weight is 308 g/mol. The van der Waals surface area contributed by atoms with Crippen LogP contribution in [0, 0.1) is 0 Å². The van der Waals surface area contributed by atoms with E-state index in [9.17, 15) is 4.79 Å². The molecule has 3 nitrogen and oxygen atoms in total. The minimum Gasteiger partial charge on any atom is -0.351 e. The van der Waals surface area contributed by atoms with Crippen LogP contribution < -0.4 is 11.1 Å². The monoisotopic (exact) mass is 306 g/mol. The van der Waals surface area contributed by atoms with E-state index in [0.29, 0.717) is 13.0 Å². The molecule has 90 valence electrons. The van der Waals surface area contributed by atoms with Crippen LogP contribution in [-0.2, 0) is 11.3 Å². The maximum absolute atomic E-state index is 11.4. The van der Waals surface area contributed by atoms with Gasteiger partial charge in [0, 0.05) is 11.0 Å². The normalized spacial score (nSPS) is 11.4. The summed E-state index contributed by atoms with van der Waals surface area (Å²) >= 11 is 3.35. The van der Waals surface area contributed by atoms with Crippen LogP contribution in [0.2, 0.25) is 0 Å². The van der Waals surface area contributed by atoms with Crippen molar-refractivity contribution in [1.82, 2.24) is 5.32 Å². The second-order valence-electron chi connectivity index (χ2n) is 3.36. The van der Waals surface area contributed by atoms with Gasteiger partial charge in [0.2, 0.25) is 5.91 Å². The molecule has 0 aliphatic rings. The van der Waals surface area contributed by atoms with Gasteiger partial charge in [-0.3, -0.25) is 4.79 Å². The highest BCUT2D eigenvalue weighted by Gasteiger charge is 2.09. The van der Waals surface area contributed by atoms with Crippen LogP contribution in [0.4, 0.5) is 0 Å². The zero-order valence-electron chi connectivity index (χ0n) is 9.07. The van der Waals surface area contributed by atoms with Crippen LogP contribution in [0.25, 0.3) is 0 Å².